The van der Waals surface area contributed by atoms with Gasteiger partial charge in [0.05, 0.1) is 12.2 Å². The zero-order chi connectivity index (χ0) is 18.5. The molecule has 1 aromatic carbocycles. The van der Waals surface area contributed by atoms with Crippen molar-refractivity contribution in [1.29, 1.82) is 0 Å². The summed E-state index contributed by atoms with van der Waals surface area (Å²) in [5, 5.41) is 11.8. The molecule has 1 fully saturated rings. The largest absolute Gasteiger partial charge is 0.340 e. The molecule has 0 unspecified atom stereocenters. The summed E-state index contributed by atoms with van der Waals surface area (Å²) >= 11 is 0. The molecule has 1 saturated heterocycles. The van der Waals surface area contributed by atoms with Crippen LogP contribution in [-0.4, -0.2) is 62.1 Å². The van der Waals surface area contributed by atoms with Gasteiger partial charge in [0.2, 0.25) is 5.91 Å². The molecule has 3 rings (SSSR count). The van der Waals surface area contributed by atoms with Gasteiger partial charge in [0, 0.05) is 32.1 Å². The maximum Gasteiger partial charge on any atom is 0.225 e. The van der Waals surface area contributed by atoms with Gasteiger partial charge in [0.1, 0.15) is 5.82 Å². The van der Waals surface area contributed by atoms with Crippen LogP contribution in [0.5, 0.6) is 0 Å². The highest BCUT2D eigenvalue weighted by atomic mass is 19.1. The highest BCUT2D eigenvalue weighted by Crippen LogP contribution is 2.16. The Labute approximate surface area is 152 Å². The number of halogens is 1. The number of nitrogens with zero attached hydrogens (tertiary/aromatic N) is 6. The highest BCUT2D eigenvalue weighted by Gasteiger charge is 2.26. The van der Waals surface area contributed by atoms with Gasteiger partial charge in [-0.1, -0.05) is 19.9 Å². The zero-order valence-corrected chi connectivity index (χ0v) is 15.3. The topological polar surface area (TPSA) is 67.2 Å². The minimum atomic E-state index is -0.322. The summed E-state index contributed by atoms with van der Waals surface area (Å²) in [6, 6.07) is 6.21. The van der Waals surface area contributed by atoms with Gasteiger partial charge < -0.3 is 4.90 Å². The second-order valence-electron chi connectivity index (χ2n) is 6.60. The van der Waals surface area contributed by atoms with Gasteiger partial charge in [-0.2, -0.15) is 4.68 Å². The van der Waals surface area contributed by atoms with Crippen LogP contribution >= 0.6 is 0 Å². The standard InChI is InChI=1S/C18H25FN6O/c1-3-14(4-2)18(26)24-10-8-23(9-11-24)13-17-20-21-22-25(17)16-7-5-6-15(19)12-16/h5-7,12,14H,3-4,8-11,13H2,1-2H3. The molecule has 1 aliphatic rings. The maximum atomic E-state index is 13.5. The number of carbonyl (C=O) groups excluding carboxylic acids is 1. The van der Waals surface area contributed by atoms with Gasteiger partial charge >= 0.3 is 0 Å². The Morgan fingerprint density at radius 1 is 1.19 bits per heavy atom. The molecule has 0 radical (unpaired) electrons. The molecule has 0 saturated carbocycles. The van der Waals surface area contributed by atoms with Crippen LogP contribution in [0.4, 0.5) is 4.39 Å². The van der Waals surface area contributed by atoms with Crippen LogP contribution in [0.1, 0.15) is 32.5 Å². The summed E-state index contributed by atoms with van der Waals surface area (Å²) in [4.78, 5) is 16.7. The average molecular weight is 360 g/mol. The Balaban J connectivity index is 1.61. The summed E-state index contributed by atoms with van der Waals surface area (Å²) < 4.78 is 15.0. The Hall–Kier alpha value is -2.35. The predicted octanol–water partition coefficient (Wildman–Crippen LogP) is 1.88. The van der Waals surface area contributed by atoms with E-state index in [0.717, 1.165) is 39.0 Å². The lowest BCUT2D eigenvalue weighted by Crippen LogP contribution is -2.50. The smallest absolute Gasteiger partial charge is 0.225 e. The van der Waals surface area contributed by atoms with Crippen molar-refractivity contribution in [1.82, 2.24) is 30.0 Å². The lowest BCUT2D eigenvalue weighted by molar-refractivity contribution is -0.137. The molecule has 0 spiro atoms. The van der Waals surface area contributed by atoms with E-state index < -0.39 is 0 Å². The monoisotopic (exact) mass is 360 g/mol. The number of rotatable bonds is 6. The second-order valence-corrected chi connectivity index (χ2v) is 6.60. The van der Waals surface area contributed by atoms with Gasteiger partial charge in [-0.15, -0.1) is 5.10 Å². The van der Waals surface area contributed by atoms with Crippen molar-refractivity contribution in [2.24, 2.45) is 5.92 Å². The number of carbonyl (C=O) groups is 1. The van der Waals surface area contributed by atoms with Crippen LogP contribution < -0.4 is 0 Å². The fourth-order valence-corrected chi connectivity index (χ4v) is 3.34. The van der Waals surface area contributed by atoms with E-state index in [2.05, 4.69) is 34.3 Å². The van der Waals surface area contributed by atoms with Crippen molar-refractivity contribution in [3.05, 3.63) is 35.9 Å². The summed E-state index contributed by atoms with van der Waals surface area (Å²) in [6.45, 7) is 7.69. The molecule has 0 bridgehead atoms. The molecule has 0 aliphatic carbocycles. The van der Waals surface area contributed by atoms with E-state index in [1.54, 1.807) is 16.8 Å². The number of hydrogen-bond donors (Lipinski definition) is 0. The van der Waals surface area contributed by atoms with Crippen LogP contribution in [0.2, 0.25) is 0 Å². The molecule has 8 heteroatoms. The number of hydrogen-bond acceptors (Lipinski definition) is 5. The van der Waals surface area contributed by atoms with Crippen LogP contribution in [0.25, 0.3) is 5.69 Å². The van der Waals surface area contributed by atoms with Crippen molar-refractivity contribution >= 4 is 5.91 Å². The van der Waals surface area contributed by atoms with Crippen LogP contribution in [-0.2, 0) is 11.3 Å². The molecular formula is C18H25FN6O. The lowest BCUT2D eigenvalue weighted by Gasteiger charge is -2.36. The third kappa shape index (κ3) is 4.07. The van der Waals surface area contributed by atoms with Gasteiger partial charge in [0.25, 0.3) is 0 Å². The van der Waals surface area contributed by atoms with Crippen LogP contribution in [0.3, 0.4) is 0 Å². The van der Waals surface area contributed by atoms with Gasteiger partial charge in [-0.05, 0) is 41.5 Å². The van der Waals surface area contributed by atoms with E-state index >= 15 is 0 Å². The maximum absolute atomic E-state index is 13.5. The molecule has 2 aromatic rings. The molecule has 0 atom stereocenters. The number of piperazine rings is 1. The Morgan fingerprint density at radius 2 is 1.92 bits per heavy atom. The fourth-order valence-electron chi connectivity index (χ4n) is 3.34. The first-order valence-electron chi connectivity index (χ1n) is 9.16. The third-order valence-electron chi connectivity index (χ3n) is 4.97. The molecule has 1 amide bonds. The van der Waals surface area contributed by atoms with E-state index in [-0.39, 0.29) is 17.6 Å². The first kappa shape index (κ1) is 18.4. The van der Waals surface area contributed by atoms with E-state index in [1.807, 2.05) is 4.90 Å². The van der Waals surface area contributed by atoms with Crippen LogP contribution in [0.15, 0.2) is 24.3 Å². The summed E-state index contributed by atoms with van der Waals surface area (Å²) in [7, 11) is 0. The molecule has 2 heterocycles. The highest BCUT2D eigenvalue weighted by molar-refractivity contribution is 5.78. The Morgan fingerprint density at radius 3 is 2.58 bits per heavy atom. The zero-order valence-electron chi connectivity index (χ0n) is 15.3. The van der Waals surface area contributed by atoms with Gasteiger partial charge in [-0.3, -0.25) is 9.69 Å². The van der Waals surface area contributed by atoms with Crippen LogP contribution in [0, 0.1) is 11.7 Å². The number of aromatic nitrogens is 4. The number of amides is 1. The Bertz CT molecular complexity index is 737. The van der Waals surface area contributed by atoms with Crippen molar-refractivity contribution in [3.63, 3.8) is 0 Å². The predicted molar refractivity (Wildman–Crippen MR) is 95.0 cm³/mol. The number of tetrazole rings is 1. The molecule has 7 nitrogen and oxygen atoms in total. The number of benzene rings is 1. The van der Waals surface area contributed by atoms with Gasteiger partial charge in [0.15, 0.2) is 5.82 Å². The molecule has 0 N–H and O–H groups in total. The van der Waals surface area contributed by atoms with E-state index in [1.165, 1.54) is 12.1 Å². The second kappa shape index (κ2) is 8.35. The summed E-state index contributed by atoms with van der Waals surface area (Å²) in [6.07, 6.45) is 1.77. The summed E-state index contributed by atoms with van der Waals surface area (Å²) in [5.41, 5.74) is 0.604. The molecular weight excluding hydrogens is 335 g/mol. The van der Waals surface area contributed by atoms with Crippen molar-refractivity contribution in [2.75, 3.05) is 26.2 Å². The summed E-state index contributed by atoms with van der Waals surface area (Å²) in [5.74, 6) is 0.730. The first-order chi connectivity index (χ1) is 12.6. The fraction of sp³-hybridized carbons (Fsp3) is 0.556. The Kier molecular flexibility index (Phi) is 5.92. The van der Waals surface area contributed by atoms with Crippen molar-refractivity contribution in [2.45, 2.75) is 33.2 Å². The molecule has 140 valence electrons. The minimum absolute atomic E-state index is 0.127. The van der Waals surface area contributed by atoms with E-state index in [9.17, 15) is 9.18 Å². The van der Waals surface area contributed by atoms with Crippen molar-refractivity contribution < 1.29 is 9.18 Å². The van der Waals surface area contributed by atoms with Crippen molar-refractivity contribution in [3.8, 4) is 5.69 Å². The minimum Gasteiger partial charge on any atom is -0.340 e. The normalized spacial score (nSPS) is 15.6. The first-order valence-corrected chi connectivity index (χ1v) is 9.16. The molecule has 26 heavy (non-hydrogen) atoms. The molecule has 1 aromatic heterocycles. The van der Waals surface area contributed by atoms with E-state index in [4.69, 9.17) is 0 Å². The SMILES string of the molecule is CCC(CC)C(=O)N1CCN(Cc2nnnn2-c2cccc(F)c2)CC1. The van der Waals surface area contributed by atoms with E-state index in [0.29, 0.717) is 18.1 Å². The molecule has 1 aliphatic heterocycles. The van der Waals surface area contributed by atoms with Gasteiger partial charge in [-0.25, -0.2) is 4.39 Å². The third-order valence-corrected chi connectivity index (χ3v) is 4.97. The average Bonchev–Trinajstić information content (AvgIpc) is 3.11. The quantitative estimate of drug-likeness (QED) is 0.787. The lowest BCUT2D eigenvalue weighted by atomic mass is 10.0.